The molecule has 0 bridgehead atoms. The first-order chi connectivity index (χ1) is 10.9. The van der Waals surface area contributed by atoms with E-state index in [4.69, 9.17) is 19.8 Å². The van der Waals surface area contributed by atoms with Gasteiger partial charge in [-0.15, -0.1) is 0 Å². The number of hydrogen-bond donors (Lipinski definition) is 2. The van der Waals surface area contributed by atoms with E-state index < -0.39 is 42.1 Å². The van der Waals surface area contributed by atoms with Gasteiger partial charge in [-0.2, -0.15) is 4.98 Å². The van der Waals surface area contributed by atoms with Crippen LogP contribution in [0.15, 0.2) is 4.90 Å². The fraction of sp³-hybridized carbons (Fsp3) is 0.636. The van der Waals surface area contributed by atoms with Gasteiger partial charge in [0.25, 0.3) is 0 Å². The molecular weight excluding hydrogens is 274 g/mol. The third-order valence-electron chi connectivity index (χ3n) is 2.78. The third-order valence-corrected chi connectivity index (χ3v) is 4.41. The summed E-state index contributed by atoms with van der Waals surface area (Å²) >= 11 is 5.82. The number of hydrogen-bond acceptors (Lipinski definition) is 5. The van der Waals surface area contributed by atoms with Crippen molar-refractivity contribution in [2.24, 2.45) is 0 Å². The number of nitrogens with zero attached hydrogens (tertiary/aromatic N) is 2. The van der Waals surface area contributed by atoms with Gasteiger partial charge in [-0.1, -0.05) is 0 Å². The Balaban J connectivity index is 2.13. The van der Waals surface area contributed by atoms with Crippen LogP contribution in [0.4, 0.5) is 5.82 Å². The maximum Gasteiger partial charge on any atom is 0.224 e. The molecule has 0 amide bonds. The van der Waals surface area contributed by atoms with Gasteiger partial charge in [-0.05, 0) is 30.7 Å². The highest BCUT2D eigenvalue weighted by Gasteiger charge is 2.38. The van der Waals surface area contributed by atoms with E-state index in [1.165, 1.54) is 0 Å². The van der Waals surface area contributed by atoms with Crippen LogP contribution in [-0.2, 0) is 17.2 Å². The topological polar surface area (TPSA) is 75.1 Å². The van der Waals surface area contributed by atoms with Crippen molar-refractivity contribution in [1.82, 2.24) is 9.97 Å². The van der Waals surface area contributed by atoms with Gasteiger partial charge in [0.1, 0.15) is 10.7 Å². The molecule has 0 spiro atoms. The zero-order valence-electron chi connectivity index (χ0n) is 15.2. The molecule has 0 aromatic carbocycles. The molecule has 7 heteroatoms. The summed E-state index contributed by atoms with van der Waals surface area (Å²) in [5, 5.41) is 12.0. The van der Waals surface area contributed by atoms with Crippen molar-refractivity contribution in [3.8, 4) is 0 Å². The van der Waals surface area contributed by atoms with Crippen molar-refractivity contribution < 1.29 is 17.5 Å². The molecule has 1 saturated carbocycles. The number of aryl methyl sites for hydroxylation is 1. The second kappa shape index (κ2) is 4.43. The highest BCUT2D eigenvalue weighted by Crippen LogP contribution is 2.37. The Morgan fingerprint density at radius 3 is 3.06 bits per heavy atom. The average molecular weight is 294 g/mol. The van der Waals surface area contributed by atoms with Gasteiger partial charge in [0.05, 0.1) is 28.6 Å². The van der Waals surface area contributed by atoms with Crippen molar-refractivity contribution in [2.45, 2.75) is 36.0 Å². The fourth-order valence-electron chi connectivity index (χ4n) is 1.85. The van der Waals surface area contributed by atoms with E-state index in [1.54, 1.807) is 0 Å². The summed E-state index contributed by atoms with van der Waals surface area (Å²) in [6.07, 6.45) is -7.95. The smallest absolute Gasteiger partial charge is 0.224 e. The lowest BCUT2D eigenvalue weighted by Crippen LogP contribution is -2.48. The molecule has 0 saturated heterocycles. The highest BCUT2D eigenvalue weighted by atomic mass is 35.5. The highest BCUT2D eigenvalue weighted by molar-refractivity contribution is 7.85. The molecule has 1 fully saturated rings. The molecule has 1 aromatic heterocycles. The largest absolute Gasteiger partial charge is 0.394 e. The maximum absolute atomic E-state index is 12.2. The Bertz CT molecular complexity index is 729. The first kappa shape index (κ1) is 7.17. The van der Waals surface area contributed by atoms with E-state index in [0.717, 1.165) is 0 Å². The van der Waals surface area contributed by atoms with Crippen LogP contribution in [0.3, 0.4) is 0 Å². The zero-order chi connectivity index (χ0) is 18.1. The number of nitrogens with one attached hydrogen (secondary N) is 1. The molecule has 2 heterocycles. The van der Waals surface area contributed by atoms with E-state index in [0.29, 0.717) is 12.1 Å². The van der Waals surface area contributed by atoms with Gasteiger partial charge in [-0.25, -0.2) is 4.98 Å². The van der Waals surface area contributed by atoms with Crippen LogP contribution in [0.1, 0.15) is 33.0 Å². The van der Waals surface area contributed by atoms with Gasteiger partial charge in [-0.3, -0.25) is 4.21 Å². The van der Waals surface area contributed by atoms with E-state index in [-0.39, 0.29) is 21.7 Å². The third kappa shape index (κ3) is 1.92. The minimum atomic E-state index is -2.84. The summed E-state index contributed by atoms with van der Waals surface area (Å²) in [6, 6.07) is 0. The van der Waals surface area contributed by atoms with Crippen LogP contribution < -0.4 is 5.32 Å². The SMILES string of the molecule is [2H]C1([2H])C([2H])([2H])C(CO)(Nc2nc(Cl)nc3c2[S@](=O)CC3)C1([2H])[2H]. The minimum Gasteiger partial charge on any atom is -0.394 e. The normalized spacial score (nSPS) is 37.8. The lowest BCUT2D eigenvalue weighted by atomic mass is 9.77. The summed E-state index contributed by atoms with van der Waals surface area (Å²) in [6.45, 7) is -1.03. The second-order valence-corrected chi connectivity index (χ2v) is 5.83. The van der Waals surface area contributed by atoms with Crippen molar-refractivity contribution in [2.75, 3.05) is 17.7 Å². The summed E-state index contributed by atoms with van der Waals surface area (Å²) in [4.78, 5) is 8.02. The van der Waals surface area contributed by atoms with Crippen LogP contribution in [0.5, 0.6) is 0 Å². The number of aromatic nitrogens is 2. The number of aliphatic hydroxyl groups is 1. The molecule has 0 radical (unpaired) electrons. The monoisotopic (exact) mass is 293 g/mol. The standard InChI is InChI=1S/C11H14ClN3O2S/c12-10-13-7-2-5-18(17)8(7)9(14-10)15-11(6-16)3-1-4-11/h16H,1-6H2,(H,13,14,15)/t18-/m1/s1/i1D2,3D2,4D2. The predicted molar refractivity (Wildman–Crippen MR) is 69.3 cm³/mol. The second-order valence-electron chi connectivity index (χ2n) is 3.98. The molecule has 1 aliphatic heterocycles. The van der Waals surface area contributed by atoms with Gasteiger partial charge < -0.3 is 10.4 Å². The Morgan fingerprint density at radius 1 is 1.56 bits per heavy atom. The number of rotatable bonds is 3. The lowest BCUT2D eigenvalue weighted by Gasteiger charge is -2.41. The molecule has 1 aliphatic carbocycles. The number of aliphatic hydroxyl groups excluding tert-OH is 1. The number of anilines is 1. The quantitative estimate of drug-likeness (QED) is 0.817. The molecular formula is C11H14ClN3O2S. The molecule has 2 N–H and O–H groups in total. The van der Waals surface area contributed by atoms with Gasteiger partial charge in [0, 0.05) is 20.4 Å². The van der Waals surface area contributed by atoms with E-state index in [1.807, 2.05) is 0 Å². The molecule has 1 atom stereocenters. The summed E-state index contributed by atoms with van der Waals surface area (Å²) in [5.41, 5.74) is -1.89. The Hall–Kier alpha value is -0.720. The molecule has 3 rings (SSSR count). The Kier molecular flexibility index (Phi) is 1.77. The molecule has 18 heavy (non-hydrogen) atoms. The molecule has 98 valence electrons. The summed E-state index contributed by atoms with van der Waals surface area (Å²) in [7, 11) is -1.47. The van der Waals surface area contributed by atoms with Crippen molar-refractivity contribution in [3.05, 3.63) is 11.0 Å². The van der Waals surface area contributed by atoms with E-state index in [9.17, 15) is 9.32 Å². The summed E-state index contributed by atoms with van der Waals surface area (Å²) < 4.78 is 59.3. The molecule has 0 unspecified atom stereocenters. The van der Waals surface area contributed by atoms with Crippen LogP contribution in [0.2, 0.25) is 5.28 Å². The Labute approximate surface area is 121 Å². The summed E-state index contributed by atoms with van der Waals surface area (Å²) in [5.74, 6) is 0.143. The van der Waals surface area contributed by atoms with Gasteiger partial charge in [0.15, 0.2) is 0 Å². The van der Waals surface area contributed by atoms with Gasteiger partial charge >= 0.3 is 0 Å². The Morgan fingerprint density at radius 2 is 2.33 bits per heavy atom. The first-order valence-corrected chi connectivity index (χ1v) is 6.96. The average Bonchev–Trinajstić information content (AvgIpc) is 2.84. The van der Waals surface area contributed by atoms with Crippen molar-refractivity contribution >= 4 is 28.2 Å². The molecule has 5 nitrogen and oxygen atoms in total. The predicted octanol–water partition coefficient (Wildman–Crippen LogP) is 1.12. The van der Waals surface area contributed by atoms with Crippen LogP contribution in [0, 0.1) is 0 Å². The first-order valence-electron chi connectivity index (χ1n) is 8.27. The molecule has 1 aromatic rings. The van der Waals surface area contributed by atoms with Crippen molar-refractivity contribution in [3.63, 3.8) is 0 Å². The van der Waals surface area contributed by atoms with E-state index in [2.05, 4.69) is 15.3 Å². The zero-order valence-corrected chi connectivity index (χ0v) is 10.7. The minimum absolute atomic E-state index is 0.141. The van der Waals surface area contributed by atoms with Crippen LogP contribution in [0.25, 0.3) is 0 Å². The maximum atomic E-state index is 12.2. The lowest BCUT2D eigenvalue weighted by molar-refractivity contribution is 0.143. The molecule has 2 aliphatic rings. The van der Waals surface area contributed by atoms with E-state index >= 15 is 0 Å². The van der Waals surface area contributed by atoms with Crippen molar-refractivity contribution in [1.29, 1.82) is 0 Å². The van der Waals surface area contributed by atoms with Crippen LogP contribution >= 0.6 is 11.6 Å². The van der Waals surface area contributed by atoms with Crippen LogP contribution in [-0.4, -0.2) is 37.2 Å². The number of fused-ring (bicyclic) bond motifs is 1. The number of halogens is 1. The van der Waals surface area contributed by atoms with Gasteiger partial charge in [0.2, 0.25) is 5.28 Å². The fourth-order valence-corrected chi connectivity index (χ4v) is 3.34.